The lowest BCUT2D eigenvalue weighted by Crippen LogP contribution is -2.45. The smallest absolute Gasteiger partial charge is 0.337 e. The van der Waals surface area contributed by atoms with Crippen LogP contribution in [-0.4, -0.2) is 41.0 Å². The van der Waals surface area contributed by atoms with Gasteiger partial charge >= 0.3 is 5.97 Å². The van der Waals surface area contributed by atoms with E-state index in [-0.39, 0.29) is 16.8 Å². The molecule has 1 aromatic heterocycles. The highest BCUT2D eigenvalue weighted by molar-refractivity contribution is 5.96. The van der Waals surface area contributed by atoms with Crippen molar-refractivity contribution in [2.45, 2.75) is 31.7 Å². The molecule has 148 valence electrons. The fourth-order valence-electron chi connectivity index (χ4n) is 3.73. The molecule has 5 nitrogen and oxygen atoms in total. The summed E-state index contributed by atoms with van der Waals surface area (Å²) >= 11 is 0. The highest BCUT2D eigenvalue weighted by Gasteiger charge is 2.45. The van der Waals surface area contributed by atoms with Gasteiger partial charge in [0.1, 0.15) is 5.69 Å². The van der Waals surface area contributed by atoms with Crippen LogP contribution in [0.15, 0.2) is 30.5 Å². The molecule has 0 radical (unpaired) electrons. The number of hydrogen-bond donors (Lipinski definition) is 0. The van der Waals surface area contributed by atoms with E-state index in [9.17, 15) is 22.8 Å². The summed E-state index contributed by atoms with van der Waals surface area (Å²) in [6.07, 6.45) is 1.78. The number of ether oxygens (including phenoxy) is 1. The van der Waals surface area contributed by atoms with E-state index in [1.807, 2.05) is 0 Å². The zero-order chi connectivity index (χ0) is 20.6. The van der Waals surface area contributed by atoms with Crippen LogP contribution in [-0.2, 0) is 4.74 Å². The molecule has 1 saturated heterocycles. The van der Waals surface area contributed by atoms with Crippen molar-refractivity contribution in [3.05, 3.63) is 64.7 Å². The van der Waals surface area contributed by atoms with E-state index in [0.717, 1.165) is 12.1 Å². The van der Waals surface area contributed by atoms with Gasteiger partial charge in [0.25, 0.3) is 5.91 Å². The Morgan fingerprint density at radius 3 is 2.43 bits per heavy atom. The summed E-state index contributed by atoms with van der Waals surface area (Å²) in [4.78, 5) is 30.3. The highest BCUT2D eigenvalue weighted by atomic mass is 19.2. The number of amides is 1. The average molecular weight is 392 g/mol. The fourth-order valence-corrected chi connectivity index (χ4v) is 3.73. The van der Waals surface area contributed by atoms with Crippen molar-refractivity contribution < 1.29 is 27.5 Å². The zero-order valence-electron chi connectivity index (χ0n) is 15.6. The van der Waals surface area contributed by atoms with Crippen molar-refractivity contribution in [1.29, 1.82) is 0 Å². The maximum Gasteiger partial charge on any atom is 0.337 e. The van der Waals surface area contributed by atoms with Gasteiger partial charge in [0.05, 0.1) is 12.7 Å². The molecule has 2 aromatic rings. The van der Waals surface area contributed by atoms with E-state index in [1.54, 1.807) is 18.7 Å². The number of halogens is 3. The third-order valence-electron chi connectivity index (χ3n) is 5.24. The number of methoxy groups -OCH3 is 1. The standard InChI is InChI=1S/C20H19F3N2O3/c1-20(2)13(12-8-14(21)17(23)15(22)9-12)5-7-25(20)18(26)16-10-11(4-6-24-16)19(27)28-3/h4,6,8-10,13H,5,7H2,1-3H3. The summed E-state index contributed by atoms with van der Waals surface area (Å²) in [6, 6.07) is 4.71. The van der Waals surface area contributed by atoms with Gasteiger partial charge < -0.3 is 9.64 Å². The summed E-state index contributed by atoms with van der Waals surface area (Å²) < 4.78 is 45.3. The summed E-state index contributed by atoms with van der Waals surface area (Å²) in [7, 11) is 1.24. The van der Waals surface area contributed by atoms with E-state index >= 15 is 0 Å². The SMILES string of the molecule is COC(=O)c1ccnc(C(=O)N2CCC(c3cc(F)c(F)c(F)c3)C2(C)C)c1. The van der Waals surface area contributed by atoms with Gasteiger partial charge in [-0.2, -0.15) is 0 Å². The van der Waals surface area contributed by atoms with Gasteiger partial charge in [0.15, 0.2) is 17.5 Å². The normalized spacial score (nSPS) is 18.2. The van der Waals surface area contributed by atoms with Gasteiger partial charge in [-0.15, -0.1) is 0 Å². The second-order valence-electron chi connectivity index (χ2n) is 7.17. The van der Waals surface area contributed by atoms with Gasteiger partial charge in [-0.25, -0.2) is 18.0 Å². The molecule has 0 N–H and O–H groups in total. The second-order valence-corrected chi connectivity index (χ2v) is 7.17. The molecule has 2 heterocycles. The Hall–Kier alpha value is -2.90. The van der Waals surface area contributed by atoms with Crippen LogP contribution >= 0.6 is 0 Å². The van der Waals surface area contributed by atoms with E-state index in [1.165, 1.54) is 25.4 Å². The molecule has 0 bridgehead atoms. The minimum atomic E-state index is -1.52. The molecule has 0 spiro atoms. The van der Waals surface area contributed by atoms with Gasteiger partial charge in [-0.05, 0) is 50.1 Å². The van der Waals surface area contributed by atoms with Crippen molar-refractivity contribution in [3.63, 3.8) is 0 Å². The predicted octanol–water partition coefficient (Wildman–Crippen LogP) is 3.69. The fraction of sp³-hybridized carbons (Fsp3) is 0.350. The number of rotatable bonds is 3. The Kier molecular flexibility index (Phi) is 5.14. The summed E-state index contributed by atoms with van der Waals surface area (Å²) in [5, 5.41) is 0. The quantitative estimate of drug-likeness (QED) is 0.591. The van der Waals surface area contributed by atoms with Crippen LogP contribution in [0.5, 0.6) is 0 Å². The van der Waals surface area contributed by atoms with Crippen LogP contribution in [0.1, 0.15) is 52.6 Å². The van der Waals surface area contributed by atoms with E-state index < -0.39 is 40.8 Å². The molecule has 1 fully saturated rings. The first kappa shape index (κ1) is 19.9. The number of aromatic nitrogens is 1. The molecule has 1 aliphatic rings. The maximum atomic E-state index is 13.7. The van der Waals surface area contributed by atoms with Gasteiger partial charge in [0, 0.05) is 24.2 Å². The molecular weight excluding hydrogens is 373 g/mol. The number of esters is 1. The van der Waals surface area contributed by atoms with Crippen molar-refractivity contribution >= 4 is 11.9 Å². The molecular formula is C20H19F3N2O3. The van der Waals surface area contributed by atoms with Crippen LogP contribution < -0.4 is 0 Å². The lowest BCUT2D eigenvalue weighted by Gasteiger charge is -2.36. The van der Waals surface area contributed by atoms with Crippen molar-refractivity contribution in [2.75, 3.05) is 13.7 Å². The Bertz CT molecular complexity index is 923. The number of benzene rings is 1. The molecule has 8 heteroatoms. The average Bonchev–Trinajstić information content (AvgIpc) is 2.99. The minimum Gasteiger partial charge on any atom is -0.465 e. The molecule has 1 atom stereocenters. The monoisotopic (exact) mass is 392 g/mol. The maximum absolute atomic E-state index is 13.7. The lowest BCUT2D eigenvalue weighted by atomic mass is 9.82. The topological polar surface area (TPSA) is 59.5 Å². The molecule has 3 rings (SSSR count). The molecule has 1 aromatic carbocycles. The van der Waals surface area contributed by atoms with Crippen LogP contribution in [0.4, 0.5) is 13.2 Å². The van der Waals surface area contributed by atoms with Crippen molar-refractivity contribution in [2.24, 2.45) is 0 Å². The van der Waals surface area contributed by atoms with E-state index in [4.69, 9.17) is 0 Å². The number of hydrogen-bond acceptors (Lipinski definition) is 4. The van der Waals surface area contributed by atoms with Crippen molar-refractivity contribution in [3.8, 4) is 0 Å². The van der Waals surface area contributed by atoms with Gasteiger partial charge in [0.2, 0.25) is 0 Å². The van der Waals surface area contributed by atoms with Crippen LogP contribution in [0, 0.1) is 17.5 Å². The van der Waals surface area contributed by atoms with Crippen molar-refractivity contribution in [1.82, 2.24) is 9.88 Å². The number of carbonyl (C=O) groups is 2. The predicted molar refractivity (Wildman–Crippen MR) is 94.4 cm³/mol. The van der Waals surface area contributed by atoms with Gasteiger partial charge in [-0.1, -0.05) is 0 Å². The van der Waals surface area contributed by atoms with Crippen LogP contribution in [0.3, 0.4) is 0 Å². The summed E-state index contributed by atoms with van der Waals surface area (Å²) in [5.74, 6) is -5.44. The zero-order valence-corrected chi connectivity index (χ0v) is 15.6. The molecule has 28 heavy (non-hydrogen) atoms. The summed E-state index contributed by atoms with van der Waals surface area (Å²) in [5.41, 5.74) is -0.269. The van der Waals surface area contributed by atoms with E-state index in [0.29, 0.717) is 13.0 Å². The first-order valence-corrected chi connectivity index (χ1v) is 8.67. The Labute approximate surface area is 160 Å². The second kappa shape index (κ2) is 7.26. The molecule has 1 aliphatic heterocycles. The number of likely N-dealkylation sites (tertiary alicyclic amines) is 1. The summed E-state index contributed by atoms with van der Waals surface area (Å²) in [6.45, 7) is 3.86. The third-order valence-corrected chi connectivity index (χ3v) is 5.24. The van der Waals surface area contributed by atoms with Crippen LogP contribution in [0.25, 0.3) is 0 Å². The van der Waals surface area contributed by atoms with Gasteiger partial charge in [-0.3, -0.25) is 9.78 Å². The first-order chi connectivity index (χ1) is 13.2. The first-order valence-electron chi connectivity index (χ1n) is 8.67. The molecule has 1 unspecified atom stereocenters. The Morgan fingerprint density at radius 2 is 1.82 bits per heavy atom. The molecule has 0 saturated carbocycles. The lowest BCUT2D eigenvalue weighted by molar-refractivity contribution is 0.0600. The third kappa shape index (κ3) is 3.34. The minimum absolute atomic E-state index is 0.0630. The number of pyridine rings is 1. The highest BCUT2D eigenvalue weighted by Crippen LogP contribution is 2.43. The largest absolute Gasteiger partial charge is 0.465 e. The number of carbonyl (C=O) groups excluding carboxylic acids is 2. The Morgan fingerprint density at radius 1 is 1.18 bits per heavy atom. The molecule has 0 aliphatic carbocycles. The van der Waals surface area contributed by atoms with E-state index in [2.05, 4.69) is 9.72 Å². The van der Waals surface area contributed by atoms with Crippen LogP contribution in [0.2, 0.25) is 0 Å². The number of nitrogens with zero attached hydrogens (tertiary/aromatic N) is 2. The Balaban J connectivity index is 1.91. The molecule has 1 amide bonds.